The normalized spacial score (nSPS) is 15.2. The number of rotatable bonds is 7. The molecule has 1 fully saturated rings. The van der Waals surface area contributed by atoms with Gasteiger partial charge in [0, 0.05) is 25.7 Å². The fourth-order valence-electron chi connectivity index (χ4n) is 3.58. The summed E-state index contributed by atoms with van der Waals surface area (Å²) in [5.41, 5.74) is 0.824. The van der Waals surface area contributed by atoms with E-state index >= 15 is 0 Å². The number of nitrogens with zero attached hydrogens (tertiary/aromatic N) is 4. The van der Waals surface area contributed by atoms with Gasteiger partial charge < -0.3 is 14.0 Å². The Morgan fingerprint density at radius 2 is 1.97 bits per heavy atom. The number of fused-ring (bicyclic) bond motifs is 1. The molecule has 10 nitrogen and oxygen atoms in total. The highest BCUT2D eigenvalue weighted by Gasteiger charge is 2.27. The molecule has 3 aromatic rings. The van der Waals surface area contributed by atoms with Gasteiger partial charge in [0.15, 0.2) is 11.6 Å². The van der Waals surface area contributed by atoms with E-state index in [4.69, 9.17) is 9.47 Å². The van der Waals surface area contributed by atoms with Crippen LogP contribution in [0.2, 0.25) is 0 Å². The molecule has 0 spiro atoms. The monoisotopic (exact) mass is 464 g/mol. The van der Waals surface area contributed by atoms with Crippen molar-refractivity contribution in [3.8, 4) is 5.75 Å². The molecule has 0 amide bonds. The molecule has 0 unspecified atom stereocenters. The Morgan fingerprint density at radius 3 is 2.62 bits per heavy atom. The standard InChI is InChI=1S/C20H21FN4O6S/c1-2-24-18-5-4-15(32(28,29)23-7-9-30-10-8-23)12-17(18)22-20(24)13-31-19-6-3-14(25(26)27)11-16(19)21/h3-6,11-12H,2,7-10,13H2,1H3. The largest absolute Gasteiger partial charge is 0.483 e. The summed E-state index contributed by atoms with van der Waals surface area (Å²) in [6.07, 6.45) is 0. The van der Waals surface area contributed by atoms with Gasteiger partial charge in [0.05, 0.1) is 40.1 Å². The van der Waals surface area contributed by atoms with Crippen molar-refractivity contribution < 1.29 is 27.2 Å². The zero-order valence-electron chi connectivity index (χ0n) is 17.2. The third-order valence-corrected chi connectivity index (χ3v) is 7.10. The van der Waals surface area contributed by atoms with Gasteiger partial charge in [-0.05, 0) is 31.2 Å². The molecule has 0 aliphatic carbocycles. The molecule has 0 radical (unpaired) electrons. The predicted molar refractivity (Wildman–Crippen MR) is 112 cm³/mol. The number of nitro groups is 1. The molecule has 0 saturated carbocycles. The minimum absolute atomic E-state index is 0.0944. The van der Waals surface area contributed by atoms with E-state index in [2.05, 4.69) is 4.98 Å². The summed E-state index contributed by atoms with van der Waals surface area (Å²) in [4.78, 5) is 14.7. The van der Waals surface area contributed by atoms with Crippen molar-refractivity contribution in [3.05, 3.63) is 58.2 Å². The summed E-state index contributed by atoms with van der Waals surface area (Å²) < 4.78 is 54.0. The van der Waals surface area contributed by atoms with Crippen LogP contribution >= 0.6 is 0 Å². The van der Waals surface area contributed by atoms with Crippen molar-refractivity contribution >= 4 is 26.7 Å². The molecule has 0 N–H and O–H groups in total. The number of halogens is 1. The van der Waals surface area contributed by atoms with Crippen molar-refractivity contribution in [1.29, 1.82) is 0 Å². The van der Waals surface area contributed by atoms with Gasteiger partial charge in [-0.2, -0.15) is 4.31 Å². The van der Waals surface area contributed by atoms with E-state index in [-0.39, 0.29) is 22.9 Å². The van der Waals surface area contributed by atoms with Crippen molar-refractivity contribution in [1.82, 2.24) is 13.9 Å². The average molecular weight is 464 g/mol. The number of nitro benzene ring substituents is 1. The van der Waals surface area contributed by atoms with Gasteiger partial charge in [0.1, 0.15) is 12.4 Å². The van der Waals surface area contributed by atoms with Crippen LogP contribution in [0.1, 0.15) is 12.7 Å². The van der Waals surface area contributed by atoms with Gasteiger partial charge in [0.2, 0.25) is 10.0 Å². The molecule has 1 aliphatic rings. The molecular weight excluding hydrogens is 443 g/mol. The number of non-ortho nitro benzene ring substituents is 1. The molecule has 2 aromatic carbocycles. The first-order chi connectivity index (χ1) is 15.3. The summed E-state index contributed by atoms with van der Waals surface area (Å²) in [5.74, 6) is -0.515. The molecule has 2 heterocycles. The van der Waals surface area contributed by atoms with Crippen LogP contribution in [0.15, 0.2) is 41.3 Å². The molecule has 4 rings (SSSR count). The van der Waals surface area contributed by atoms with Gasteiger partial charge in [-0.1, -0.05) is 0 Å². The van der Waals surface area contributed by atoms with Crippen LogP contribution in [0.25, 0.3) is 11.0 Å². The summed E-state index contributed by atoms with van der Waals surface area (Å²) in [6, 6.07) is 7.89. The molecule has 32 heavy (non-hydrogen) atoms. The van der Waals surface area contributed by atoms with Crippen molar-refractivity contribution in [2.45, 2.75) is 25.0 Å². The Hall–Kier alpha value is -3.09. The number of ether oxygens (including phenoxy) is 2. The summed E-state index contributed by atoms with van der Waals surface area (Å²) in [5, 5.41) is 10.8. The number of aryl methyl sites for hydroxylation is 1. The lowest BCUT2D eigenvalue weighted by Crippen LogP contribution is -2.40. The first-order valence-electron chi connectivity index (χ1n) is 9.95. The van der Waals surface area contributed by atoms with Crippen molar-refractivity contribution in [2.75, 3.05) is 26.3 Å². The maximum atomic E-state index is 14.1. The zero-order valence-corrected chi connectivity index (χ0v) is 18.0. The third-order valence-electron chi connectivity index (χ3n) is 5.21. The molecule has 170 valence electrons. The smallest absolute Gasteiger partial charge is 0.272 e. The van der Waals surface area contributed by atoms with E-state index < -0.39 is 20.8 Å². The van der Waals surface area contributed by atoms with Crippen molar-refractivity contribution in [2.24, 2.45) is 0 Å². The second kappa shape index (κ2) is 8.81. The molecule has 12 heteroatoms. The molecule has 0 bridgehead atoms. The number of morpholine rings is 1. The lowest BCUT2D eigenvalue weighted by Gasteiger charge is -2.26. The minimum atomic E-state index is -3.67. The van der Waals surface area contributed by atoms with E-state index in [1.807, 2.05) is 11.5 Å². The number of aromatic nitrogens is 2. The van der Waals surface area contributed by atoms with E-state index in [0.29, 0.717) is 44.2 Å². The number of hydrogen-bond acceptors (Lipinski definition) is 7. The summed E-state index contributed by atoms with van der Waals surface area (Å²) in [6.45, 7) is 3.64. The summed E-state index contributed by atoms with van der Waals surface area (Å²) in [7, 11) is -3.67. The fraction of sp³-hybridized carbons (Fsp3) is 0.350. The molecular formula is C20H21FN4O6S. The predicted octanol–water partition coefficient (Wildman–Crippen LogP) is 2.70. The molecule has 1 saturated heterocycles. The van der Waals surface area contributed by atoms with Crippen LogP contribution in [-0.4, -0.2) is 53.5 Å². The van der Waals surface area contributed by atoms with Crippen molar-refractivity contribution in [3.63, 3.8) is 0 Å². The van der Waals surface area contributed by atoms with Crippen LogP contribution in [0.4, 0.5) is 10.1 Å². The summed E-state index contributed by atoms with van der Waals surface area (Å²) >= 11 is 0. The lowest BCUT2D eigenvalue weighted by molar-refractivity contribution is -0.385. The van der Waals surface area contributed by atoms with Crippen LogP contribution in [0, 0.1) is 15.9 Å². The maximum Gasteiger partial charge on any atom is 0.272 e. The highest BCUT2D eigenvalue weighted by Crippen LogP contribution is 2.26. The Bertz CT molecular complexity index is 1270. The first kappa shape index (κ1) is 22.1. The number of benzene rings is 2. The van der Waals surface area contributed by atoms with Gasteiger partial charge in [0.25, 0.3) is 5.69 Å². The first-order valence-corrected chi connectivity index (χ1v) is 11.4. The Kier molecular flexibility index (Phi) is 6.09. The fourth-order valence-corrected chi connectivity index (χ4v) is 5.01. The zero-order chi connectivity index (χ0) is 22.9. The second-order valence-electron chi connectivity index (χ2n) is 7.10. The highest BCUT2D eigenvalue weighted by molar-refractivity contribution is 7.89. The topological polar surface area (TPSA) is 117 Å². The quantitative estimate of drug-likeness (QED) is 0.390. The van der Waals surface area contributed by atoms with E-state index in [1.54, 1.807) is 12.1 Å². The molecule has 1 aliphatic heterocycles. The number of hydrogen-bond donors (Lipinski definition) is 0. The Labute approximate surface area is 183 Å². The minimum Gasteiger partial charge on any atom is -0.483 e. The van der Waals surface area contributed by atoms with Crippen LogP contribution in [-0.2, 0) is 27.9 Å². The van der Waals surface area contributed by atoms with Gasteiger partial charge in [-0.3, -0.25) is 10.1 Å². The van der Waals surface area contributed by atoms with E-state index in [9.17, 15) is 22.9 Å². The maximum absolute atomic E-state index is 14.1. The van der Waals surface area contributed by atoms with Gasteiger partial charge in [-0.25, -0.2) is 17.8 Å². The molecule has 1 aromatic heterocycles. The van der Waals surface area contributed by atoms with Crippen LogP contribution in [0.5, 0.6) is 5.75 Å². The van der Waals surface area contributed by atoms with E-state index in [0.717, 1.165) is 17.6 Å². The van der Waals surface area contributed by atoms with E-state index in [1.165, 1.54) is 16.4 Å². The van der Waals surface area contributed by atoms with Crippen LogP contribution in [0.3, 0.4) is 0 Å². The Balaban J connectivity index is 1.61. The number of imidazole rings is 1. The molecule has 0 atom stereocenters. The third kappa shape index (κ3) is 4.16. The Morgan fingerprint density at radius 1 is 1.22 bits per heavy atom. The second-order valence-corrected chi connectivity index (χ2v) is 9.04. The highest BCUT2D eigenvalue weighted by atomic mass is 32.2. The number of sulfonamides is 1. The SMILES string of the molecule is CCn1c(COc2ccc([N+](=O)[O-])cc2F)nc2cc(S(=O)(=O)N3CCOCC3)ccc21. The van der Waals surface area contributed by atoms with Gasteiger partial charge in [-0.15, -0.1) is 0 Å². The average Bonchev–Trinajstić information content (AvgIpc) is 3.15. The van der Waals surface area contributed by atoms with Crippen LogP contribution < -0.4 is 4.74 Å². The van der Waals surface area contributed by atoms with Gasteiger partial charge >= 0.3 is 0 Å². The lowest BCUT2D eigenvalue weighted by atomic mass is 10.3.